The second-order valence-electron chi connectivity index (χ2n) is 5.82. The van der Waals surface area contributed by atoms with Crippen molar-refractivity contribution < 1.29 is 42.1 Å². The van der Waals surface area contributed by atoms with Gasteiger partial charge in [0.2, 0.25) is 0 Å². The summed E-state index contributed by atoms with van der Waals surface area (Å²) in [6, 6.07) is 10.3. The van der Waals surface area contributed by atoms with Gasteiger partial charge in [0.15, 0.2) is 18.1 Å². The number of carbonyl (C=O) groups excluding carboxylic acids is 3. The summed E-state index contributed by atoms with van der Waals surface area (Å²) in [6.07, 6.45) is 2.40. The molecule has 0 aliphatic heterocycles. The van der Waals surface area contributed by atoms with Crippen molar-refractivity contribution in [2.45, 2.75) is 6.61 Å². The van der Waals surface area contributed by atoms with Crippen molar-refractivity contribution >= 4 is 29.6 Å². The van der Waals surface area contributed by atoms with Gasteiger partial charge in [-0.1, -0.05) is 18.2 Å². The Morgan fingerprint density at radius 1 is 1.06 bits per heavy atom. The Kier molecular flexibility index (Phi) is 8.50. The molecule has 31 heavy (non-hydrogen) atoms. The van der Waals surface area contributed by atoms with Crippen LogP contribution < -0.4 is 14.8 Å². The zero-order valence-corrected chi connectivity index (χ0v) is 16.6. The highest BCUT2D eigenvalue weighted by molar-refractivity contribution is 6.02. The van der Waals surface area contributed by atoms with Crippen LogP contribution in [0.25, 0.3) is 6.08 Å². The first kappa shape index (κ1) is 23.3. The molecule has 8 nitrogen and oxygen atoms in total. The predicted molar refractivity (Wildman–Crippen MR) is 106 cm³/mol. The van der Waals surface area contributed by atoms with Gasteiger partial charge in [0.1, 0.15) is 0 Å². The molecule has 2 aromatic rings. The number of nitrogens with one attached hydrogen (secondary N) is 1. The number of methoxy groups -OCH3 is 2. The highest BCUT2D eigenvalue weighted by atomic mass is 19.3. The third kappa shape index (κ3) is 7.11. The number of alkyl halides is 2. The predicted octanol–water partition coefficient (Wildman–Crippen LogP) is 3.28. The van der Waals surface area contributed by atoms with Crippen LogP contribution in [0.2, 0.25) is 0 Å². The maximum absolute atomic E-state index is 12.4. The lowest BCUT2D eigenvalue weighted by molar-refractivity contribution is -0.142. The van der Waals surface area contributed by atoms with Crippen LogP contribution in [-0.4, -0.2) is 45.3 Å². The van der Waals surface area contributed by atoms with Gasteiger partial charge in [-0.2, -0.15) is 8.78 Å². The van der Waals surface area contributed by atoms with Crippen molar-refractivity contribution in [3.63, 3.8) is 0 Å². The van der Waals surface area contributed by atoms with Crippen molar-refractivity contribution in [2.24, 2.45) is 0 Å². The molecule has 1 amide bonds. The summed E-state index contributed by atoms with van der Waals surface area (Å²) in [7, 11) is 2.50. The second kappa shape index (κ2) is 11.3. The van der Waals surface area contributed by atoms with Crippen molar-refractivity contribution in [2.75, 3.05) is 26.1 Å². The maximum Gasteiger partial charge on any atom is 0.387 e. The van der Waals surface area contributed by atoms with Gasteiger partial charge in [-0.15, -0.1) is 0 Å². The van der Waals surface area contributed by atoms with Gasteiger partial charge in [0, 0.05) is 6.08 Å². The van der Waals surface area contributed by atoms with Gasteiger partial charge in [-0.05, 0) is 35.9 Å². The highest BCUT2D eigenvalue weighted by Gasteiger charge is 2.14. The van der Waals surface area contributed by atoms with E-state index in [1.54, 1.807) is 12.1 Å². The third-order valence-corrected chi connectivity index (χ3v) is 3.77. The zero-order valence-electron chi connectivity index (χ0n) is 16.6. The number of amides is 1. The van der Waals surface area contributed by atoms with Crippen molar-refractivity contribution in [3.05, 3.63) is 59.7 Å². The fourth-order valence-corrected chi connectivity index (χ4v) is 2.40. The van der Waals surface area contributed by atoms with E-state index in [0.29, 0.717) is 5.56 Å². The van der Waals surface area contributed by atoms with E-state index in [0.717, 1.165) is 6.08 Å². The van der Waals surface area contributed by atoms with Crippen molar-refractivity contribution in [3.8, 4) is 11.5 Å². The topological polar surface area (TPSA) is 100 Å². The van der Waals surface area contributed by atoms with Crippen LogP contribution in [0.4, 0.5) is 14.5 Å². The highest BCUT2D eigenvalue weighted by Crippen LogP contribution is 2.29. The summed E-state index contributed by atoms with van der Waals surface area (Å²) in [5.74, 6) is -2.20. The lowest BCUT2D eigenvalue weighted by atomic mass is 10.2. The first-order valence-electron chi connectivity index (χ1n) is 8.79. The summed E-state index contributed by atoms with van der Waals surface area (Å²) in [5, 5.41) is 2.46. The van der Waals surface area contributed by atoms with Gasteiger partial charge in [-0.25, -0.2) is 9.59 Å². The number of benzene rings is 2. The van der Waals surface area contributed by atoms with E-state index in [2.05, 4.69) is 14.8 Å². The minimum atomic E-state index is -3.00. The molecule has 2 aromatic carbocycles. The number of para-hydroxylation sites is 1. The summed E-state index contributed by atoms with van der Waals surface area (Å²) >= 11 is 0. The van der Waals surface area contributed by atoms with Gasteiger partial charge in [0.25, 0.3) is 5.91 Å². The fraction of sp³-hybridized carbons (Fsp3) is 0.190. The van der Waals surface area contributed by atoms with E-state index in [9.17, 15) is 23.2 Å². The average Bonchev–Trinajstić information content (AvgIpc) is 2.76. The molecule has 0 unspecified atom stereocenters. The molecule has 0 fully saturated rings. The molecule has 10 heteroatoms. The Hall–Kier alpha value is -3.95. The molecule has 0 heterocycles. The van der Waals surface area contributed by atoms with E-state index in [1.165, 1.54) is 50.6 Å². The minimum Gasteiger partial charge on any atom is -0.493 e. The standard InChI is InChI=1S/C21H19F2NO7/c1-28-17-11-13(7-9-16(17)31-21(22)23)8-10-19(26)30-12-18(25)24-15-6-4-3-5-14(15)20(27)29-2/h3-11,21H,12H2,1-2H3,(H,24,25)/b10-8+. The molecule has 1 N–H and O–H groups in total. The number of anilines is 1. The lowest BCUT2D eigenvalue weighted by Crippen LogP contribution is -2.21. The molecule has 0 atom stereocenters. The molecule has 164 valence electrons. The van der Waals surface area contributed by atoms with Gasteiger partial charge in [-0.3, -0.25) is 4.79 Å². The van der Waals surface area contributed by atoms with Crippen LogP contribution in [0.15, 0.2) is 48.5 Å². The van der Waals surface area contributed by atoms with Crippen LogP contribution in [0.3, 0.4) is 0 Å². The maximum atomic E-state index is 12.4. The molecule has 0 radical (unpaired) electrons. The van der Waals surface area contributed by atoms with Crippen molar-refractivity contribution in [1.29, 1.82) is 0 Å². The number of carbonyl (C=O) groups is 3. The van der Waals surface area contributed by atoms with E-state index < -0.39 is 31.1 Å². The summed E-state index contributed by atoms with van der Waals surface area (Å²) < 4.78 is 43.5. The van der Waals surface area contributed by atoms with E-state index in [4.69, 9.17) is 9.47 Å². The minimum absolute atomic E-state index is 0.0551. The number of hydrogen-bond donors (Lipinski definition) is 1. The Labute approximate surface area is 176 Å². The van der Waals surface area contributed by atoms with Gasteiger partial charge in [0.05, 0.1) is 25.5 Å². The SMILES string of the molecule is COC(=O)c1ccccc1NC(=O)COC(=O)/C=C/c1ccc(OC(F)F)c(OC)c1. The largest absolute Gasteiger partial charge is 0.493 e. The number of esters is 2. The van der Waals surface area contributed by atoms with E-state index in [1.807, 2.05) is 0 Å². The van der Waals surface area contributed by atoms with Crippen LogP contribution in [0.1, 0.15) is 15.9 Å². The van der Waals surface area contributed by atoms with E-state index in [-0.39, 0.29) is 22.7 Å². The normalized spacial score (nSPS) is 10.6. The first-order chi connectivity index (χ1) is 14.8. The van der Waals surface area contributed by atoms with Gasteiger partial charge >= 0.3 is 18.6 Å². The fourth-order valence-electron chi connectivity index (χ4n) is 2.40. The summed E-state index contributed by atoms with van der Waals surface area (Å²) in [5.41, 5.74) is 0.814. The lowest BCUT2D eigenvalue weighted by Gasteiger charge is -2.10. The molecule has 0 aromatic heterocycles. The Bertz CT molecular complexity index is 976. The molecule has 0 saturated heterocycles. The smallest absolute Gasteiger partial charge is 0.387 e. The van der Waals surface area contributed by atoms with E-state index >= 15 is 0 Å². The third-order valence-electron chi connectivity index (χ3n) is 3.77. The second-order valence-corrected chi connectivity index (χ2v) is 5.82. The number of hydrogen-bond acceptors (Lipinski definition) is 7. The molecule has 0 bridgehead atoms. The first-order valence-corrected chi connectivity index (χ1v) is 8.79. The Morgan fingerprint density at radius 2 is 1.81 bits per heavy atom. The monoisotopic (exact) mass is 435 g/mol. The molecule has 0 aliphatic rings. The van der Waals surface area contributed by atoms with Crippen LogP contribution in [-0.2, 0) is 19.1 Å². The summed E-state index contributed by atoms with van der Waals surface area (Å²) in [4.78, 5) is 35.5. The molecular weight excluding hydrogens is 416 g/mol. The number of rotatable bonds is 9. The number of ether oxygens (including phenoxy) is 4. The van der Waals surface area contributed by atoms with Crippen LogP contribution >= 0.6 is 0 Å². The molecular formula is C21H19F2NO7. The van der Waals surface area contributed by atoms with Crippen LogP contribution in [0, 0.1) is 0 Å². The van der Waals surface area contributed by atoms with Gasteiger partial charge < -0.3 is 24.3 Å². The summed E-state index contributed by atoms with van der Waals surface area (Å²) in [6.45, 7) is -3.60. The average molecular weight is 435 g/mol. The molecule has 2 rings (SSSR count). The zero-order chi connectivity index (χ0) is 22.8. The Balaban J connectivity index is 1.93. The molecule has 0 spiro atoms. The Morgan fingerprint density at radius 3 is 2.48 bits per heavy atom. The quantitative estimate of drug-likeness (QED) is 0.477. The van der Waals surface area contributed by atoms with Crippen molar-refractivity contribution in [1.82, 2.24) is 0 Å². The molecule has 0 aliphatic carbocycles. The number of halogens is 2. The van der Waals surface area contributed by atoms with Crippen LogP contribution in [0.5, 0.6) is 11.5 Å². The molecule has 0 saturated carbocycles.